The van der Waals surface area contributed by atoms with Crippen molar-refractivity contribution < 1.29 is 15.0 Å². The summed E-state index contributed by atoms with van der Waals surface area (Å²) in [4.78, 5) is 12.5. The highest BCUT2D eigenvalue weighted by atomic mass is 16.3. The Morgan fingerprint density at radius 3 is 0.946 bits per heavy atom. The van der Waals surface area contributed by atoms with Gasteiger partial charge in [-0.05, 0) is 116 Å². The molecular formula is C70H117NO3. The molecule has 1 amide bonds. The van der Waals surface area contributed by atoms with Gasteiger partial charge in [0.05, 0.1) is 18.8 Å². The first kappa shape index (κ1) is 70.3. The zero-order valence-corrected chi connectivity index (χ0v) is 48.3. The van der Waals surface area contributed by atoms with E-state index in [1.165, 1.54) is 141 Å². The van der Waals surface area contributed by atoms with Gasteiger partial charge in [-0.15, -0.1) is 0 Å². The predicted octanol–water partition coefficient (Wildman–Crippen LogP) is 21.1. The topological polar surface area (TPSA) is 69.6 Å². The minimum absolute atomic E-state index is 0.114. The van der Waals surface area contributed by atoms with E-state index in [-0.39, 0.29) is 12.5 Å². The first-order valence-electron chi connectivity index (χ1n) is 31.0. The number of carbonyl (C=O) groups is 1. The van der Waals surface area contributed by atoms with Crippen molar-refractivity contribution in [3.8, 4) is 0 Å². The minimum Gasteiger partial charge on any atom is -0.394 e. The van der Waals surface area contributed by atoms with E-state index in [0.29, 0.717) is 6.42 Å². The predicted molar refractivity (Wildman–Crippen MR) is 331 cm³/mol. The molecule has 0 aromatic heterocycles. The summed E-state index contributed by atoms with van der Waals surface area (Å²) >= 11 is 0. The Balaban J connectivity index is 3.69. The Kier molecular flexibility index (Phi) is 60.4. The molecular weight excluding hydrogens is 903 g/mol. The van der Waals surface area contributed by atoms with Crippen LogP contribution in [0.1, 0.15) is 271 Å². The lowest BCUT2D eigenvalue weighted by Crippen LogP contribution is -2.45. The van der Waals surface area contributed by atoms with Crippen LogP contribution in [0, 0.1) is 0 Å². The first-order chi connectivity index (χ1) is 36.7. The van der Waals surface area contributed by atoms with Crippen LogP contribution in [0.5, 0.6) is 0 Å². The average Bonchev–Trinajstić information content (AvgIpc) is 3.40. The van der Waals surface area contributed by atoms with Crippen LogP contribution in [0.25, 0.3) is 0 Å². The summed E-state index contributed by atoms with van der Waals surface area (Å²) in [5, 5.41) is 23.2. The molecule has 2 atom stereocenters. The quantitative estimate of drug-likeness (QED) is 0.0420. The molecule has 3 N–H and O–H groups in total. The third-order valence-electron chi connectivity index (χ3n) is 13.3. The monoisotopic (exact) mass is 1020 g/mol. The molecule has 0 fully saturated rings. The highest BCUT2D eigenvalue weighted by Gasteiger charge is 2.17. The Bertz CT molecular complexity index is 1530. The van der Waals surface area contributed by atoms with E-state index >= 15 is 0 Å². The summed E-state index contributed by atoms with van der Waals surface area (Å²) in [6.07, 6.45) is 100. The maximum absolute atomic E-state index is 12.5. The summed E-state index contributed by atoms with van der Waals surface area (Å²) in [6, 6.07) is -0.677. The summed E-state index contributed by atoms with van der Waals surface area (Å²) in [6.45, 7) is 4.17. The third-order valence-corrected chi connectivity index (χ3v) is 13.3. The van der Waals surface area contributed by atoms with Crippen LogP contribution in [0.3, 0.4) is 0 Å². The largest absolute Gasteiger partial charge is 0.394 e. The number of nitrogens with one attached hydrogen (secondary N) is 1. The lowest BCUT2D eigenvalue weighted by atomic mass is 10.0. The summed E-state index contributed by atoms with van der Waals surface area (Å²) in [7, 11) is 0. The molecule has 0 aliphatic rings. The van der Waals surface area contributed by atoms with E-state index in [4.69, 9.17) is 0 Å². The van der Waals surface area contributed by atoms with Crippen molar-refractivity contribution in [2.75, 3.05) is 6.61 Å². The molecule has 0 rings (SSSR count). The smallest absolute Gasteiger partial charge is 0.220 e. The van der Waals surface area contributed by atoms with E-state index in [1.54, 1.807) is 6.08 Å². The van der Waals surface area contributed by atoms with Crippen LogP contribution in [-0.4, -0.2) is 34.9 Å². The Hall–Kier alpha value is -3.73. The second-order valence-corrected chi connectivity index (χ2v) is 20.4. The van der Waals surface area contributed by atoms with Crippen molar-refractivity contribution in [1.29, 1.82) is 0 Å². The zero-order valence-electron chi connectivity index (χ0n) is 48.3. The maximum atomic E-state index is 12.5. The molecule has 4 nitrogen and oxygen atoms in total. The molecule has 420 valence electrons. The van der Waals surface area contributed by atoms with Crippen LogP contribution >= 0.6 is 0 Å². The second kappa shape index (κ2) is 63.6. The molecule has 0 saturated carbocycles. The van der Waals surface area contributed by atoms with Gasteiger partial charge in [-0.25, -0.2) is 0 Å². The molecule has 2 unspecified atom stereocenters. The van der Waals surface area contributed by atoms with Crippen LogP contribution in [0.2, 0.25) is 0 Å². The molecule has 0 saturated heterocycles. The van der Waals surface area contributed by atoms with Gasteiger partial charge in [-0.1, -0.05) is 295 Å². The Morgan fingerprint density at radius 2 is 0.608 bits per heavy atom. The molecule has 0 bridgehead atoms. The van der Waals surface area contributed by atoms with Crippen molar-refractivity contribution in [2.24, 2.45) is 0 Å². The average molecular weight is 1020 g/mol. The molecule has 0 aromatic carbocycles. The SMILES string of the molecule is CC/C=C\C/C=C\C/C=C\C/C=C\C/C=C\C/C=C\C/C=C\C/C=C\C/C=C\CCCCCC(=O)NC(CO)C(O)/C=C/CC/C=C/CC/C=C/CCCCCCCCCCCCCCCCCCCCCCC. The lowest BCUT2D eigenvalue weighted by Gasteiger charge is -2.19. The van der Waals surface area contributed by atoms with Crippen molar-refractivity contribution in [2.45, 2.75) is 283 Å². The number of rotatable bonds is 55. The molecule has 0 aromatic rings. The van der Waals surface area contributed by atoms with Gasteiger partial charge in [0.2, 0.25) is 5.91 Å². The van der Waals surface area contributed by atoms with Gasteiger partial charge < -0.3 is 15.5 Å². The van der Waals surface area contributed by atoms with Gasteiger partial charge in [0, 0.05) is 6.42 Å². The normalized spacial score (nSPS) is 13.8. The summed E-state index contributed by atoms with van der Waals surface area (Å²) < 4.78 is 0. The van der Waals surface area contributed by atoms with Crippen molar-refractivity contribution in [3.63, 3.8) is 0 Å². The lowest BCUT2D eigenvalue weighted by molar-refractivity contribution is -0.123. The number of hydrogen-bond acceptors (Lipinski definition) is 3. The molecule has 0 aliphatic carbocycles. The minimum atomic E-state index is -0.898. The van der Waals surface area contributed by atoms with E-state index in [2.05, 4.69) is 153 Å². The fourth-order valence-electron chi connectivity index (χ4n) is 8.62. The van der Waals surface area contributed by atoms with Crippen molar-refractivity contribution >= 4 is 5.91 Å². The third kappa shape index (κ3) is 59.2. The number of hydrogen-bond donors (Lipinski definition) is 3. The number of aliphatic hydroxyl groups is 2. The molecule has 0 spiro atoms. The van der Waals surface area contributed by atoms with E-state index in [9.17, 15) is 15.0 Å². The number of carbonyl (C=O) groups excluding carboxylic acids is 1. The maximum Gasteiger partial charge on any atom is 0.220 e. The summed E-state index contributed by atoms with van der Waals surface area (Å²) in [5.41, 5.74) is 0. The fourth-order valence-corrected chi connectivity index (χ4v) is 8.62. The molecule has 4 heteroatoms. The summed E-state index contributed by atoms with van der Waals surface area (Å²) in [5.74, 6) is -0.114. The van der Waals surface area contributed by atoms with Crippen LogP contribution in [0.15, 0.2) is 146 Å². The highest BCUT2D eigenvalue weighted by molar-refractivity contribution is 5.76. The Morgan fingerprint density at radius 1 is 0.338 bits per heavy atom. The number of unbranched alkanes of at least 4 members (excludes halogenated alkanes) is 26. The van der Waals surface area contributed by atoms with Gasteiger partial charge >= 0.3 is 0 Å². The fraction of sp³-hybridized carbons (Fsp3) is 0.643. The van der Waals surface area contributed by atoms with Gasteiger partial charge in [-0.2, -0.15) is 0 Å². The number of amides is 1. The van der Waals surface area contributed by atoms with Crippen molar-refractivity contribution in [1.82, 2.24) is 5.32 Å². The van der Waals surface area contributed by atoms with Crippen LogP contribution in [-0.2, 0) is 4.79 Å². The number of aliphatic hydroxyl groups excluding tert-OH is 2. The zero-order chi connectivity index (χ0) is 53.4. The van der Waals surface area contributed by atoms with Gasteiger partial charge in [0.15, 0.2) is 0 Å². The molecule has 0 radical (unpaired) electrons. The van der Waals surface area contributed by atoms with Gasteiger partial charge in [0.25, 0.3) is 0 Å². The van der Waals surface area contributed by atoms with Crippen LogP contribution in [0.4, 0.5) is 0 Å². The highest BCUT2D eigenvalue weighted by Crippen LogP contribution is 2.16. The van der Waals surface area contributed by atoms with E-state index in [0.717, 1.165) is 109 Å². The molecule has 74 heavy (non-hydrogen) atoms. The van der Waals surface area contributed by atoms with Gasteiger partial charge in [0.1, 0.15) is 0 Å². The van der Waals surface area contributed by atoms with E-state index < -0.39 is 12.1 Å². The van der Waals surface area contributed by atoms with Crippen molar-refractivity contribution in [3.05, 3.63) is 146 Å². The standard InChI is InChI=1S/C70H117NO3/c1-3-5-7-9-11-13-15-17-19-21-23-25-27-29-31-33-35-37-39-41-43-45-47-49-51-53-55-57-59-61-63-65-69(73)68(67-72)71-70(74)66-64-62-60-58-56-54-52-50-48-46-44-42-40-38-36-34-32-30-28-26-24-22-20-18-16-14-12-10-8-6-4-2/h6,8,12,14,18,20,24,26,30,32,36,38,42,44,47-50,54-57,63,65,68-69,72-73H,3-5,7,9-11,13,15-17,19,21-23,25,27-29,31,33-35,37,39-41,43,45-46,51-53,58-62,64,66-67H2,1-2H3,(H,71,74)/b8-6-,14-12-,20-18-,26-24-,32-30-,38-36-,44-42-,49-47+,50-48-,56-54-,57-55+,65-63+. The van der Waals surface area contributed by atoms with E-state index in [1.807, 2.05) is 6.08 Å². The molecule has 0 aliphatic heterocycles. The molecule has 0 heterocycles. The number of allylic oxidation sites excluding steroid dienone is 23. The second-order valence-electron chi connectivity index (χ2n) is 20.4. The Labute approximate surface area is 459 Å². The van der Waals surface area contributed by atoms with Crippen LogP contribution < -0.4 is 5.32 Å². The first-order valence-corrected chi connectivity index (χ1v) is 31.0. The van der Waals surface area contributed by atoms with Gasteiger partial charge in [-0.3, -0.25) is 4.79 Å².